The first-order valence-electron chi connectivity index (χ1n) is 7.61. The summed E-state index contributed by atoms with van der Waals surface area (Å²) in [4.78, 5) is 10.4. The molecule has 22 heavy (non-hydrogen) atoms. The lowest BCUT2D eigenvalue weighted by atomic mass is 10.0. The fourth-order valence-electron chi connectivity index (χ4n) is 3.07. The Hall–Kier alpha value is -1.63. The predicted molar refractivity (Wildman–Crippen MR) is 85.9 cm³/mol. The maximum absolute atomic E-state index is 11.7. The lowest BCUT2D eigenvalue weighted by molar-refractivity contribution is -0.386. The summed E-state index contributed by atoms with van der Waals surface area (Å²) in [6.07, 6.45) is 8.21. The molecule has 122 valence electrons. The van der Waals surface area contributed by atoms with Crippen molar-refractivity contribution in [1.82, 2.24) is 0 Å². The third kappa shape index (κ3) is 4.19. The summed E-state index contributed by atoms with van der Waals surface area (Å²) in [6, 6.07) is 4.36. The number of nitrogens with zero attached hydrogens (tertiary/aromatic N) is 1. The smallest absolute Gasteiger partial charge is 0.310 e. The zero-order valence-electron chi connectivity index (χ0n) is 12.7. The molecule has 1 aliphatic rings. The first-order valence-corrected chi connectivity index (χ1v) is 9.50. The topological polar surface area (TPSA) is 89.3 Å². The van der Waals surface area contributed by atoms with Crippen LogP contribution in [0.15, 0.2) is 23.1 Å². The van der Waals surface area contributed by atoms with Crippen molar-refractivity contribution >= 4 is 21.2 Å². The number of para-hydroxylation sites is 1. The summed E-state index contributed by atoms with van der Waals surface area (Å²) < 4.78 is 23.4. The van der Waals surface area contributed by atoms with E-state index in [1.54, 1.807) is 6.07 Å². The predicted octanol–water partition coefficient (Wildman–Crippen LogP) is 3.38. The number of rotatable bonds is 7. The molecule has 1 aromatic carbocycles. The van der Waals surface area contributed by atoms with Crippen LogP contribution in [0, 0.1) is 16.0 Å². The van der Waals surface area contributed by atoms with Crippen LogP contribution in [0.1, 0.15) is 38.5 Å². The number of nitro benzene ring substituents is 1. The molecule has 6 nitrogen and oxygen atoms in total. The molecule has 7 heteroatoms. The fourth-order valence-corrected chi connectivity index (χ4v) is 3.93. The molecular weight excluding hydrogens is 304 g/mol. The zero-order chi connectivity index (χ0) is 16.2. The summed E-state index contributed by atoms with van der Waals surface area (Å²) in [5, 5.41) is 14.3. The highest BCUT2D eigenvalue weighted by atomic mass is 32.2. The maximum atomic E-state index is 11.7. The monoisotopic (exact) mass is 326 g/mol. The molecule has 0 saturated heterocycles. The van der Waals surface area contributed by atoms with Gasteiger partial charge in [-0.3, -0.25) is 10.1 Å². The van der Waals surface area contributed by atoms with Crippen LogP contribution in [0.25, 0.3) is 0 Å². The second-order valence-corrected chi connectivity index (χ2v) is 7.89. The second-order valence-electron chi connectivity index (χ2n) is 5.90. The summed E-state index contributed by atoms with van der Waals surface area (Å²) in [7, 11) is -3.63. The Morgan fingerprint density at radius 3 is 2.59 bits per heavy atom. The van der Waals surface area contributed by atoms with Gasteiger partial charge in [0.05, 0.1) is 4.92 Å². The summed E-state index contributed by atoms with van der Waals surface area (Å²) >= 11 is 0. The van der Waals surface area contributed by atoms with Crippen LogP contribution >= 0.6 is 0 Å². The van der Waals surface area contributed by atoms with E-state index < -0.39 is 14.8 Å². The third-order valence-electron chi connectivity index (χ3n) is 4.16. The van der Waals surface area contributed by atoms with Crippen molar-refractivity contribution in [2.45, 2.75) is 43.4 Å². The van der Waals surface area contributed by atoms with Gasteiger partial charge < -0.3 is 5.32 Å². The highest BCUT2D eigenvalue weighted by Gasteiger charge is 2.25. The quantitative estimate of drug-likeness (QED) is 0.471. The Kier molecular flexibility index (Phi) is 5.39. The van der Waals surface area contributed by atoms with Gasteiger partial charge in [-0.05, 0) is 30.9 Å². The molecule has 0 bridgehead atoms. The van der Waals surface area contributed by atoms with Gasteiger partial charge in [-0.25, -0.2) is 8.42 Å². The number of hydrogen-bond acceptors (Lipinski definition) is 5. The molecule has 2 rings (SSSR count). The van der Waals surface area contributed by atoms with E-state index in [0.717, 1.165) is 25.0 Å². The molecule has 0 radical (unpaired) electrons. The van der Waals surface area contributed by atoms with E-state index in [4.69, 9.17) is 0 Å². The van der Waals surface area contributed by atoms with Crippen molar-refractivity contribution < 1.29 is 13.3 Å². The van der Waals surface area contributed by atoms with Gasteiger partial charge in [-0.1, -0.05) is 31.7 Å². The first kappa shape index (κ1) is 16.7. The SMILES string of the molecule is CS(=O)(=O)c1cccc(NCCCC2CCCC2)c1[N+](=O)[O-]. The van der Waals surface area contributed by atoms with Crippen molar-refractivity contribution in [2.24, 2.45) is 5.92 Å². The molecule has 1 N–H and O–H groups in total. The molecule has 0 aromatic heterocycles. The van der Waals surface area contributed by atoms with Gasteiger partial charge in [0.15, 0.2) is 9.84 Å². The summed E-state index contributed by atoms with van der Waals surface area (Å²) in [5.41, 5.74) is -0.0785. The summed E-state index contributed by atoms with van der Waals surface area (Å²) in [6.45, 7) is 0.616. The molecule has 1 aliphatic carbocycles. The molecule has 0 spiro atoms. The van der Waals surface area contributed by atoms with Crippen LogP contribution < -0.4 is 5.32 Å². The minimum absolute atomic E-state index is 0.238. The van der Waals surface area contributed by atoms with Gasteiger partial charge in [0, 0.05) is 12.8 Å². The van der Waals surface area contributed by atoms with Gasteiger partial charge in [-0.2, -0.15) is 0 Å². The number of nitrogens with one attached hydrogen (secondary N) is 1. The minimum atomic E-state index is -3.63. The molecule has 1 fully saturated rings. The second kappa shape index (κ2) is 7.09. The van der Waals surface area contributed by atoms with Crippen molar-refractivity contribution in [3.8, 4) is 0 Å². The highest BCUT2D eigenvalue weighted by Crippen LogP contribution is 2.32. The van der Waals surface area contributed by atoms with E-state index in [-0.39, 0.29) is 16.3 Å². The Labute approximate surface area is 131 Å². The van der Waals surface area contributed by atoms with Crippen LogP contribution in [0.3, 0.4) is 0 Å². The number of hydrogen-bond donors (Lipinski definition) is 1. The number of anilines is 1. The standard InChI is InChI=1S/C15H22N2O4S/c1-22(20,21)14-10-4-9-13(15(14)17(18)19)16-11-5-8-12-6-2-3-7-12/h4,9-10,12,16H,2-3,5-8,11H2,1H3. The molecule has 0 atom stereocenters. The molecule has 1 aromatic rings. The van der Waals surface area contributed by atoms with Crippen molar-refractivity contribution in [3.63, 3.8) is 0 Å². The van der Waals surface area contributed by atoms with E-state index in [0.29, 0.717) is 6.54 Å². The van der Waals surface area contributed by atoms with Crippen LogP contribution in [0.4, 0.5) is 11.4 Å². The Morgan fingerprint density at radius 2 is 2.00 bits per heavy atom. The van der Waals surface area contributed by atoms with Gasteiger partial charge in [-0.15, -0.1) is 0 Å². The molecule has 0 aliphatic heterocycles. The largest absolute Gasteiger partial charge is 0.379 e. The Morgan fingerprint density at radius 1 is 1.32 bits per heavy atom. The van der Waals surface area contributed by atoms with Crippen LogP contribution in [0.2, 0.25) is 0 Å². The Bertz CT molecular complexity index is 637. The molecular formula is C15H22N2O4S. The van der Waals surface area contributed by atoms with E-state index >= 15 is 0 Å². The Balaban J connectivity index is 2.05. The van der Waals surface area contributed by atoms with E-state index in [1.165, 1.54) is 37.8 Å². The zero-order valence-corrected chi connectivity index (χ0v) is 13.6. The van der Waals surface area contributed by atoms with Gasteiger partial charge in [0.2, 0.25) is 0 Å². The fraction of sp³-hybridized carbons (Fsp3) is 0.600. The van der Waals surface area contributed by atoms with Gasteiger partial charge in [0.25, 0.3) is 0 Å². The molecule has 1 saturated carbocycles. The highest BCUT2D eigenvalue weighted by molar-refractivity contribution is 7.90. The van der Waals surface area contributed by atoms with Crippen LogP contribution in [-0.2, 0) is 9.84 Å². The van der Waals surface area contributed by atoms with E-state index in [9.17, 15) is 18.5 Å². The van der Waals surface area contributed by atoms with Crippen LogP contribution in [-0.4, -0.2) is 26.1 Å². The maximum Gasteiger partial charge on any atom is 0.310 e. The number of nitro groups is 1. The van der Waals surface area contributed by atoms with Crippen LogP contribution in [0.5, 0.6) is 0 Å². The molecule has 0 unspecified atom stereocenters. The van der Waals surface area contributed by atoms with E-state index in [1.807, 2.05) is 0 Å². The average Bonchev–Trinajstić information content (AvgIpc) is 2.95. The van der Waals surface area contributed by atoms with Gasteiger partial charge >= 0.3 is 5.69 Å². The van der Waals surface area contributed by atoms with Crippen molar-refractivity contribution in [2.75, 3.05) is 18.1 Å². The number of sulfone groups is 1. The van der Waals surface area contributed by atoms with Gasteiger partial charge in [0.1, 0.15) is 10.6 Å². The minimum Gasteiger partial charge on any atom is -0.379 e. The van der Waals surface area contributed by atoms with E-state index in [2.05, 4.69) is 5.32 Å². The number of benzene rings is 1. The normalized spacial score (nSPS) is 15.9. The van der Waals surface area contributed by atoms with Crippen molar-refractivity contribution in [3.05, 3.63) is 28.3 Å². The lowest BCUT2D eigenvalue weighted by Gasteiger charge is -2.11. The lowest BCUT2D eigenvalue weighted by Crippen LogP contribution is -2.09. The first-order chi connectivity index (χ1) is 10.4. The summed E-state index contributed by atoms with van der Waals surface area (Å²) in [5.74, 6) is 0.777. The third-order valence-corrected chi connectivity index (χ3v) is 5.29. The average molecular weight is 326 g/mol. The van der Waals surface area contributed by atoms with Crippen molar-refractivity contribution in [1.29, 1.82) is 0 Å². The molecule has 0 heterocycles. The molecule has 0 amide bonds.